The predicted octanol–water partition coefficient (Wildman–Crippen LogP) is 4.37. The minimum absolute atomic E-state index is 0.0377. The Kier molecular flexibility index (Phi) is 34.2. The molecule has 0 aromatic heterocycles. The topological polar surface area (TPSA) is 307 Å². The van der Waals surface area contributed by atoms with Crippen LogP contribution in [0.4, 0.5) is 23.2 Å². The number of rotatable bonds is 46. The van der Waals surface area contributed by atoms with Crippen LogP contribution in [0.1, 0.15) is 57.9 Å². The highest BCUT2D eigenvalue weighted by Gasteiger charge is 2.38. The molecule has 94 heavy (non-hydrogen) atoms. The van der Waals surface area contributed by atoms with Crippen molar-refractivity contribution in [2.75, 3.05) is 178 Å². The maximum absolute atomic E-state index is 14.0. The Balaban J connectivity index is 0.668. The van der Waals surface area contributed by atoms with Crippen molar-refractivity contribution >= 4 is 62.0 Å². The molecule has 6 rings (SSSR count). The summed E-state index contributed by atoms with van der Waals surface area (Å²) >= 11 is 0. The highest BCUT2D eigenvalue weighted by atomic mass is 32.2. The number of halogens is 4. The Bertz CT molecular complexity index is 3130. The minimum atomic E-state index is -3.99. The Morgan fingerprint density at radius 2 is 1.15 bits per heavy atom. The lowest BCUT2D eigenvalue weighted by molar-refractivity contribution is -0.180. The van der Waals surface area contributed by atoms with Crippen molar-refractivity contribution in [1.82, 2.24) is 19.6 Å². The number of sulfonamides is 1. The molecule has 2 saturated heterocycles. The van der Waals surface area contributed by atoms with E-state index < -0.39 is 67.0 Å². The number of amides is 3. The van der Waals surface area contributed by atoms with Gasteiger partial charge in [0.15, 0.2) is 22.3 Å². The van der Waals surface area contributed by atoms with Crippen LogP contribution in [0.25, 0.3) is 17.2 Å². The van der Waals surface area contributed by atoms with Gasteiger partial charge in [0, 0.05) is 68.7 Å². The van der Waals surface area contributed by atoms with Crippen molar-refractivity contribution in [3.05, 3.63) is 76.9 Å². The number of piperidine rings is 1. The third kappa shape index (κ3) is 25.1. The van der Waals surface area contributed by atoms with Gasteiger partial charge in [0.2, 0.25) is 39.2 Å². The Hall–Kier alpha value is -6.11. The van der Waals surface area contributed by atoms with E-state index in [1.807, 2.05) is 38.1 Å². The van der Waals surface area contributed by atoms with Gasteiger partial charge in [0.25, 0.3) is 5.91 Å². The molecule has 2 fully saturated rings. The van der Waals surface area contributed by atoms with E-state index in [4.69, 9.17) is 57.9 Å². The van der Waals surface area contributed by atoms with Crippen molar-refractivity contribution in [2.24, 2.45) is 22.6 Å². The zero-order chi connectivity index (χ0) is 67.7. The first-order valence-corrected chi connectivity index (χ1v) is 33.8. The molecule has 0 radical (unpaired) electrons. The van der Waals surface area contributed by atoms with E-state index in [-0.39, 0.29) is 106 Å². The number of thiol groups is 1. The summed E-state index contributed by atoms with van der Waals surface area (Å²) < 4.78 is 165. The Labute approximate surface area is 546 Å². The SMILES string of the molecule is CCCN(OCC)C(=O)C1=Cc2ccc(-c3cccc(S(=O)(=O)N4CC(CNC(=O)C5CCN(C(=O)CCOCCOCCOCCOCCOCCOCCOCCOCCOCCOCCC(=O)Oc6c(F)c(F)c([SH](=O)=O)c(F)c6F)CC5)C4)c3)cc2N=C(N)C1. The van der Waals surface area contributed by atoms with Crippen molar-refractivity contribution in [1.29, 1.82) is 0 Å². The van der Waals surface area contributed by atoms with Crippen molar-refractivity contribution in [3.63, 3.8) is 0 Å². The summed E-state index contributed by atoms with van der Waals surface area (Å²) in [5.74, 6) is -12.1. The monoisotopic (exact) mass is 1370 g/mol. The highest BCUT2D eigenvalue weighted by Crippen LogP contribution is 2.35. The summed E-state index contributed by atoms with van der Waals surface area (Å²) in [6.07, 6.45) is 3.40. The molecule has 26 nitrogen and oxygen atoms in total. The van der Waals surface area contributed by atoms with Crippen LogP contribution in [0.3, 0.4) is 0 Å². The van der Waals surface area contributed by atoms with Gasteiger partial charge in [0.05, 0.1) is 162 Å². The second kappa shape index (κ2) is 41.8. The minimum Gasteiger partial charge on any atom is -0.420 e. The Morgan fingerprint density at radius 1 is 0.660 bits per heavy atom. The second-order valence-electron chi connectivity index (χ2n) is 21.5. The van der Waals surface area contributed by atoms with Crippen LogP contribution >= 0.6 is 0 Å². The standard InChI is InChI=1S/C62H86F4N6O20S2/c1-3-14-72(91-4-2)62(76)49-37-48-9-8-47(39-51(48)69-52(67)40-49)46-6-5-7-50(38-46)94(79,80)71-42-44(43-71)41-68-61(75)45-10-15-70(16-11-45)53(73)12-17-81-19-21-83-23-25-85-27-29-87-31-33-89-35-36-90-34-32-88-30-28-86-26-24-84-22-20-82-18-13-54(74)92-59-55(63)57(65)60(93(77)78)58(66)56(59)64/h5-9,37-39,44-45,93H,3-4,10-36,40-43H2,1-2H3,(H2,67,69)(H,68,75). The second-order valence-corrected chi connectivity index (χ2v) is 24.4. The molecule has 0 aliphatic carbocycles. The first kappa shape index (κ1) is 76.9. The molecule has 3 aromatic carbocycles. The van der Waals surface area contributed by atoms with Crippen LogP contribution < -0.4 is 15.8 Å². The van der Waals surface area contributed by atoms with Crippen LogP contribution in [-0.4, -0.2) is 239 Å². The molecule has 0 bridgehead atoms. The molecule has 3 aliphatic rings. The zero-order valence-corrected chi connectivity index (χ0v) is 54.7. The van der Waals surface area contributed by atoms with E-state index in [0.717, 1.165) is 12.0 Å². The first-order valence-electron chi connectivity index (χ1n) is 31.2. The molecular formula is C62H86F4N6O20S2. The number of aliphatic imine (C=N–C) groups is 1. The lowest BCUT2D eigenvalue weighted by Crippen LogP contribution is -2.54. The van der Waals surface area contributed by atoms with Gasteiger partial charge in [-0.2, -0.15) is 13.1 Å². The number of carbonyl (C=O) groups is 4. The fraction of sp³-hybridized carbons (Fsp3) is 0.597. The van der Waals surface area contributed by atoms with E-state index >= 15 is 0 Å². The molecule has 3 aromatic rings. The summed E-state index contributed by atoms with van der Waals surface area (Å²) in [7, 11) is -7.80. The number of hydroxylamine groups is 2. The lowest BCUT2D eigenvalue weighted by atomic mass is 9.95. The van der Waals surface area contributed by atoms with E-state index in [1.165, 1.54) is 9.37 Å². The molecule has 0 atom stereocenters. The molecular weight excluding hydrogens is 1290 g/mol. The van der Waals surface area contributed by atoms with Crippen molar-refractivity contribution in [3.8, 4) is 16.9 Å². The third-order valence-corrected chi connectivity index (χ3v) is 17.2. The van der Waals surface area contributed by atoms with Crippen LogP contribution in [-0.2, 0) is 92.1 Å². The summed E-state index contributed by atoms with van der Waals surface area (Å²) in [6.45, 7) is 12.2. The Morgan fingerprint density at radius 3 is 1.64 bits per heavy atom. The number of ether oxygens (including phenoxy) is 11. The maximum Gasteiger partial charge on any atom is 0.313 e. The number of fused-ring (bicyclic) bond motifs is 1. The molecule has 3 aliphatic heterocycles. The van der Waals surface area contributed by atoms with Gasteiger partial charge in [-0.05, 0) is 61.6 Å². The highest BCUT2D eigenvalue weighted by molar-refractivity contribution is 7.89. The molecule has 3 N–H and O–H groups in total. The van der Waals surface area contributed by atoms with Gasteiger partial charge in [-0.15, -0.1) is 0 Å². The number of nitrogens with zero attached hydrogens (tertiary/aromatic N) is 4. The van der Waals surface area contributed by atoms with Crippen LogP contribution in [0.5, 0.6) is 5.75 Å². The molecule has 0 unspecified atom stereocenters. The van der Waals surface area contributed by atoms with Gasteiger partial charge in [-0.3, -0.25) is 24.0 Å². The van der Waals surface area contributed by atoms with Crippen LogP contribution in [0.15, 0.2) is 62.8 Å². The normalized spacial score (nSPS) is 14.7. The fourth-order valence-electron chi connectivity index (χ4n) is 9.63. The number of hydrogen-bond acceptors (Lipinski definition) is 22. The number of nitrogens with one attached hydrogen (secondary N) is 1. The number of carbonyl (C=O) groups excluding carboxylic acids is 4. The lowest BCUT2D eigenvalue weighted by Gasteiger charge is -2.38. The van der Waals surface area contributed by atoms with E-state index in [0.29, 0.717) is 161 Å². The van der Waals surface area contributed by atoms with Crippen molar-refractivity contribution in [2.45, 2.75) is 62.2 Å². The van der Waals surface area contributed by atoms with Gasteiger partial charge >= 0.3 is 5.97 Å². The molecule has 32 heteroatoms. The third-order valence-electron chi connectivity index (χ3n) is 14.6. The fourth-order valence-corrected chi connectivity index (χ4v) is 11.8. The number of hydrogen-bond donors (Lipinski definition) is 3. The first-order chi connectivity index (χ1) is 45.4. The average Bonchev–Trinajstić information content (AvgIpc) is 0.850. The maximum atomic E-state index is 14.0. The van der Waals surface area contributed by atoms with E-state index in [9.17, 15) is 53.6 Å². The van der Waals surface area contributed by atoms with E-state index in [2.05, 4.69) is 15.0 Å². The summed E-state index contributed by atoms with van der Waals surface area (Å²) in [5.41, 5.74) is 9.41. The number of benzene rings is 3. The van der Waals surface area contributed by atoms with Gasteiger partial charge < -0.3 is 68.1 Å². The average molecular weight is 1380 g/mol. The quantitative estimate of drug-likeness (QED) is 0.0134. The predicted molar refractivity (Wildman–Crippen MR) is 332 cm³/mol. The number of likely N-dealkylation sites (tertiary alicyclic amines) is 1. The zero-order valence-electron chi connectivity index (χ0n) is 53.0. The van der Waals surface area contributed by atoms with Gasteiger partial charge in [-0.25, -0.2) is 35.7 Å². The van der Waals surface area contributed by atoms with Crippen LogP contribution in [0, 0.1) is 35.1 Å². The molecule has 3 heterocycles. The largest absolute Gasteiger partial charge is 0.420 e. The van der Waals surface area contributed by atoms with Crippen LogP contribution in [0.2, 0.25) is 0 Å². The molecule has 0 saturated carbocycles. The number of amidine groups is 1. The van der Waals surface area contributed by atoms with Crippen molar-refractivity contribution < 1.29 is 111 Å². The van der Waals surface area contributed by atoms with E-state index in [1.54, 1.807) is 29.2 Å². The number of nitrogens with two attached hydrogens (primary N) is 1. The molecule has 0 spiro atoms. The molecule has 3 amide bonds. The summed E-state index contributed by atoms with van der Waals surface area (Å²) in [4.78, 5) is 61.4. The number of esters is 1. The van der Waals surface area contributed by atoms with Gasteiger partial charge in [-0.1, -0.05) is 31.2 Å². The molecule has 524 valence electrons. The summed E-state index contributed by atoms with van der Waals surface area (Å²) in [6, 6.07) is 12.2. The smallest absolute Gasteiger partial charge is 0.313 e. The summed E-state index contributed by atoms with van der Waals surface area (Å²) in [5, 5.41) is 4.36. The van der Waals surface area contributed by atoms with Gasteiger partial charge in [0.1, 0.15) is 10.7 Å².